The molecule has 1 aromatic rings. The van der Waals surface area contributed by atoms with Gasteiger partial charge in [-0.2, -0.15) is 0 Å². The molecule has 2 saturated carbocycles. The summed E-state index contributed by atoms with van der Waals surface area (Å²) in [5, 5.41) is 0. The van der Waals surface area contributed by atoms with Crippen LogP contribution in [-0.2, 0) is 14.3 Å². The van der Waals surface area contributed by atoms with Crippen LogP contribution in [0, 0.1) is 11.3 Å². The highest BCUT2D eigenvalue weighted by Gasteiger charge is 2.47. The van der Waals surface area contributed by atoms with E-state index in [1.807, 2.05) is 38.1 Å². The molecule has 0 radical (unpaired) electrons. The molecule has 1 aromatic carbocycles. The van der Waals surface area contributed by atoms with Crippen LogP contribution in [0.25, 0.3) is 0 Å². The summed E-state index contributed by atoms with van der Waals surface area (Å²) in [7, 11) is 0. The van der Waals surface area contributed by atoms with E-state index in [0.717, 1.165) is 49.1 Å². The number of benzene rings is 1. The highest BCUT2D eigenvalue weighted by atomic mass is 16.5. The number of ketones is 1. The molecule has 0 bridgehead atoms. The monoisotopic (exact) mass is 423 g/mol. The molecule has 4 rings (SSSR count). The van der Waals surface area contributed by atoms with Gasteiger partial charge in [0.05, 0.1) is 18.1 Å². The van der Waals surface area contributed by atoms with Crippen molar-refractivity contribution in [2.75, 3.05) is 6.61 Å². The fraction of sp³-hybridized carbons (Fsp3) is 0.577. The van der Waals surface area contributed by atoms with E-state index in [1.165, 1.54) is 0 Å². The third kappa shape index (κ3) is 4.46. The lowest BCUT2D eigenvalue weighted by molar-refractivity contribution is -0.144. The maximum atomic E-state index is 13.3. The second-order valence-corrected chi connectivity index (χ2v) is 9.86. The summed E-state index contributed by atoms with van der Waals surface area (Å²) in [6.07, 6.45) is 5.24. The Balaban J connectivity index is 1.75. The van der Waals surface area contributed by atoms with Crippen molar-refractivity contribution >= 4 is 17.5 Å². The van der Waals surface area contributed by atoms with E-state index in [2.05, 4.69) is 13.8 Å². The average molecular weight is 424 g/mol. The van der Waals surface area contributed by atoms with Gasteiger partial charge in [-0.05, 0) is 69.1 Å². The zero-order chi connectivity index (χ0) is 22.2. The summed E-state index contributed by atoms with van der Waals surface area (Å²) in [6, 6.07) is 7.77. The van der Waals surface area contributed by atoms with Gasteiger partial charge in [-0.3, -0.25) is 9.79 Å². The van der Waals surface area contributed by atoms with Crippen LogP contribution in [0.15, 0.2) is 40.5 Å². The quantitative estimate of drug-likeness (QED) is 0.596. The molecule has 31 heavy (non-hydrogen) atoms. The molecule has 0 N–H and O–H groups in total. The van der Waals surface area contributed by atoms with Crippen molar-refractivity contribution in [3.05, 3.63) is 41.1 Å². The van der Waals surface area contributed by atoms with Crippen molar-refractivity contribution in [2.45, 2.75) is 78.2 Å². The van der Waals surface area contributed by atoms with Gasteiger partial charge in [-0.1, -0.05) is 26.0 Å². The number of ether oxygens (including phenoxy) is 2. The van der Waals surface area contributed by atoms with Gasteiger partial charge in [0.25, 0.3) is 0 Å². The summed E-state index contributed by atoms with van der Waals surface area (Å²) >= 11 is 0. The zero-order valence-corrected chi connectivity index (χ0v) is 19.1. The Bertz CT molecular complexity index is 919. The Labute approximate surface area is 184 Å². The molecular weight excluding hydrogens is 390 g/mol. The minimum Gasteiger partial charge on any atom is -0.494 e. The first-order valence-electron chi connectivity index (χ1n) is 11.5. The van der Waals surface area contributed by atoms with E-state index in [-0.39, 0.29) is 29.2 Å². The van der Waals surface area contributed by atoms with E-state index in [9.17, 15) is 9.59 Å². The van der Waals surface area contributed by atoms with Crippen LogP contribution >= 0.6 is 0 Å². The van der Waals surface area contributed by atoms with Gasteiger partial charge in [0.15, 0.2) is 0 Å². The van der Waals surface area contributed by atoms with Crippen molar-refractivity contribution in [1.29, 1.82) is 0 Å². The number of hydrogen-bond acceptors (Lipinski definition) is 5. The summed E-state index contributed by atoms with van der Waals surface area (Å²) in [5.41, 5.74) is 2.94. The van der Waals surface area contributed by atoms with Gasteiger partial charge >= 0.3 is 5.97 Å². The normalized spacial score (nSPS) is 25.8. The number of aliphatic imine (C=N–C) groups is 1. The molecule has 1 unspecified atom stereocenters. The van der Waals surface area contributed by atoms with Gasteiger partial charge in [0.1, 0.15) is 17.6 Å². The van der Waals surface area contributed by atoms with Gasteiger partial charge < -0.3 is 9.47 Å². The molecule has 0 amide bonds. The minimum atomic E-state index is -0.402. The highest BCUT2D eigenvalue weighted by molar-refractivity contribution is 6.12. The van der Waals surface area contributed by atoms with Crippen LogP contribution in [0.2, 0.25) is 0 Å². The first-order chi connectivity index (χ1) is 14.8. The molecule has 0 saturated heterocycles. The fourth-order valence-corrected chi connectivity index (χ4v) is 5.38. The number of carbonyl (C=O) groups excluding carboxylic acids is 2. The molecule has 1 heterocycles. The van der Waals surface area contributed by atoms with E-state index in [4.69, 9.17) is 14.5 Å². The SMILES string of the molecule is CCOc1ccc([C@H]2C(C(=O)OC3CCCC3)=C(C)N=C3CC(C)(C)CC(=O)C32)cc1. The molecule has 1 aliphatic heterocycles. The number of fused-ring (bicyclic) bond motifs is 1. The number of rotatable bonds is 5. The van der Waals surface area contributed by atoms with Crippen LogP contribution in [-0.4, -0.2) is 30.2 Å². The molecule has 2 atom stereocenters. The van der Waals surface area contributed by atoms with Crippen LogP contribution in [0.4, 0.5) is 0 Å². The minimum absolute atomic E-state index is 0.0276. The predicted octanol–water partition coefficient (Wildman–Crippen LogP) is 5.39. The standard InChI is InChI=1S/C26H33NO4/c1-5-30-18-12-10-17(11-13-18)23-22(25(29)31-19-8-6-7-9-19)16(2)27-20-14-26(3,4)15-21(28)24(20)23/h10-13,19,23-24H,5-9,14-15H2,1-4H3/t23-,24?/m0/s1. The van der Waals surface area contributed by atoms with Crippen molar-refractivity contribution < 1.29 is 19.1 Å². The molecule has 2 fully saturated rings. The molecular formula is C26H33NO4. The summed E-state index contributed by atoms with van der Waals surface area (Å²) in [4.78, 5) is 31.5. The van der Waals surface area contributed by atoms with Crippen molar-refractivity contribution in [3.8, 4) is 5.75 Å². The molecule has 5 nitrogen and oxygen atoms in total. The van der Waals surface area contributed by atoms with Crippen LogP contribution in [0.3, 0.4) is 0 Å². The maximum absolute atomic E-state index is 13.3. The van der Waals surface area contributed by atoms with Crippen LogP contribution in [0.1, 0.15) is 77.7 Å². The fourth-order valence-electron chi connectivity index (χ4n) is 5.38. The van der Waals surface area contributed by atoms with Crippen LogP contribution < -0.4 is 4.74 Å². The van der Waals surface area contributed by atoms with Gasteiger partial charge in [-0.25, -0.2) is 4.79 Å². The third-order valence-electron chi connectivity index (χ3n) is 6.71. The molecule has 3 aliphatic rings. The van der Waals surface area contributed by atoms with E-state index in [1.54, 1.807) is 0 Å². The highest BCUT2D eigenvalue weighted by Crippen LogP contribution is 2.47. The second kappa shape index (κ2) is 8.60. The summed E-state index contributed by atoms with van der Waals surface area (Å²) in [6.45, 7) is 8.64. The first-order valence-corrected chi connectivity index (χ1v) is 11.5. The number of allylic oxidation sites excluding steroid dienone is 1. The van der Waals surface area contributed by atoms with Crippen molar-refractivity contribution in [2.24, 2.45) is 16.3 Å². The number of Topliss-reactive ketones (excluding diaryl/α,β-unsaturated/α-hetero) is 1. The summed E-state index contributed by atoms with van der Waals surface area (Å²) < 4.78 is 11.5. The Morgan fingerprint density at radius 2 is 1.77 bits per heavy atom. The Morgan fingerprint density at radius 1 is 1.10 bits per heavy atom. The Hall–Kier alpha value is -2.43. The lowest BCUT2D eigenvalue weighted by Gasteiger charge is -2.41. The van der Waals surface area contributed by atoms with E-state index >= 15 is 0 Å². The maximum Gasteiger partial charge on any atom is 0.336 e. The largest absolute Gasteiger partial charge is 0.494 e. The lowest BCUT2D eigenvalue weighted by Crippen LogP contribution is -2.44. The van der Waals surface area contributed by atoms with Gasteiger partial charge in [0, 0.05) is 23.7 Å². The molecule has 0 aromatic heterocycles. The topological polar surface area (TPSA) is 65.0 Å². The van der Waals surface area contributed by atoms with Crippen molar-refractivity contribution in [1.82, 2.24) is 0 Å². The predicted molar refractivity (Wildman–Crippen MR) is 120 cm³/mol. The number of carbonyl (C=O) groups is 2. The third-order valence-corrected chi connectivity index (χ3v) is 6.71. The van der Waals surface area contributed by atoms with E-state index < -0.39 is 5.92 Å². The number of hydrogen-bond donors (Lipinski definition) is 0. The smallest absolute Gasteiger partial charge is 0.336 e. The number of esters is 1. The first kappa shape index (κ1) is 21.8. The van der Waals surface area contributed by atoms with E-state index in [0.29, 0.717) is 24.3 Å². The number of nitrogens with zero attached hydrogens (tertiary/aromatic N) is 1. The molecule has 2 aliphatic carbocycles. The van der Waals surface area contributed by atoms with Gasteiger partial charge in [0.2, 0.25) is 0 Å². The van der Waals surface area contributed by atoms with Crippen LogP contribution in [0.5, 0.6) is 5.75 Å². The zero-order valence-electron chi connectivity index (χ0n) is 19.1. The Kier molecular flexibility index (Phi) is 6.05. The lowest BCUT2D eigenvalue weighted by atomic mass is 9.63. The second-order valence-electron chi connectivity index (χ2n) is 9.86. The Morgan fingerprint density at radius 3 is 2.42 bits per heavy atom. The average Bonchev–Trinajstić information content (AvgIpc) is 3.19. The summed E-state index contributed by atoms with van der Waals surface area (Å²) in [5.74, 6) is -0.138. The molecule has 0 spiro atoms. The molecule has 166 valence electrons. The van der Waals surface area contributed by atoms with Gasteiger partial charge in [-0.15, -0.1) is 0 Å². The van der Waals surface area contributed by atoms with Crippen molar-refractivity contribution in [3.63, 3.8) is 0 Å². The molecule has 5 heteroatoms.